The second kappa shape index (κ2) is 5.36. The van der Waals surface area contributed by atoms with Gasteiger partial charge in [-0.15, -0.1) is 6.58 Å². The van der Waals surface area contributed by atoms with Crippen molar-refractivity contribution in [1.29, 1.82) is 0 Å². The van der Waals surface area contributed by atoms with Crippen molar-refractivity contribution in [2.24, 2.45) is 11.8 Å². The lowest BCUT2D eigenvalue weighted by Gasteiger charge is -2.22. The molecular formula is C10H20O. The van der Waals surface area contributed by atoms with E-state index in [-0.39, 0.29) is 12.0 Å². The largest absolute Gasteiger partial charge is 0.393 e. The fourth-order valence-electron chi connectivity index (χ4n) is 1.36. The molecule has 2 atom stereocenters. The lowest BCUT2D eigenvalue weighted by Crippen LogP contribution is -2.22. The van der Waals surface area contributed by atoms with Gasteiger partial charge in [-0.3, -0.25) is 0 Å². The highest BCUT2D eigenvalue weighted by atomic mass is 16.3. The average Bonchev–Trinajstić information content (AvgIpc) is 1.88. The first-order chi connectivity index (χ1) is 5.13. The van der Waals surface area contributed by atoms with Gasteiger partial charge >= 0.3 is 0 Å². The minimum Gasteiger partial charge on any atom is -0.393 e. The van der Waals surface area contributed by atoms with Crippen LogP contribution in [0.25, 0.3) is 0 Å². The van der Waals surface area contributed by atoms with Gasteiger partial charge in [-0.05, 0) is 12.3 Å². The summed E-state index contributed by atoms with van der Waals surface area (Å²) in [5.74, 6) is 0.754. The molecule has 0 fully saturated rings. The Balaban J connectivity index is 3.91. The molecule has 0 spiro atoms. The van der Waals surface area contributed by atoms with Crippen molar-refractivity contribution in [3.63, 3.8) is 0 Å². The van der Waals surface area contributed by atoms with Gasteiger partial charge in [0, 0.05) is 5.92 Å². The second-order valence-corrected chi connectivity index (χ2v) is 3.41. The minimum atomic E-state index is -0.197. The molecule has 0 heterocycles. The van der Waals surface area contributed by atoms with E-state index < -0.39 is 0 Å². The zero-order valence-electron chi connectivity index (χ0n) is 7.88. The van der Waals surface area contributed by atoms with Gasteiger partial charge in [-0.2, -0.15) is 0 Å². The highest BCUT2D eigenvalue weighted by molar-refractivity contribution is 4.86. The molecule has 0 aliphatic carbocycles. The van der Waals surface area contributed by atoms with Crippen molar-refractivity contribution in [2.75, 3.05) is 0 Å². The van der Waals surface area contributed by atoms with E-state index in [4.69, 9.17) is 0 Å². The molecule has 1 heteroatoms. The van der Waals surface area contributed by atoms with E-state index in [2.05, 4.69) is 27.4 Å². The predicted octanol–water partition coefficient (Wildman–Crippen LogP) is 2.61. The SMILES string of the molecule is C=CC(C(C)C)C(O)CCC. The predicted molar refractivity (Wildman–Crippen MR) is 49.4 cm³/mol. The van der Waals surface area contributed by atoms with Gasteiger partial charge in [0.15, 0.2) is 0 Å². The normalized spacial score (nSPS) is 16.5. The summed E-state index contributed by atoms with van der Waals surface area (Å²) in [4.78, 5) is 0. The molecule has 0 aliphatic heterocycles. The van der Waals surface area contributed by atoms with Crippen LogP contribution in [0.3, 0.4) is 0 Å². The molecule has 0 rings (SSSR count). The summed E-state index contributed by atoms with van der Waals surface area (Å²) < 4.78 is 0. The Morgan fingerprint density at radius 2 is 2.00 bits per heavy atom. The number of aliphatic hydroxyl groups excluding tert-OH is 1. The van der Waals surface area contributed by atoms with Crippen molar-refractivity contribution < 1.29 is 5.11 Å². The number of hydrogen-bond donors (Lipinski definition) is 1. The summed E-state index contributed by atoms with van der Waals surface area (Å²) in [6.07, 6.45) is 3.59. The van der Waals surface area contributed by atoms with Crippen molar-refractivity contribution in [2.45, 2.75) is 39.7 Å². The summed E-state index contributed by atoms with van der Waals surface area (Å²) in [7, 11) is 0. The monoisotopic (exact) mass is 156 g/mol. The quantitative estimate of drug-likeness (QED) is 0.607. The molecule has 2 unspecified atom stereocenters. The molecular weight excluding hydrogens is 136 g/mol. The topological polar surface area (TPSA) is 20.2 Å². The standard InChI is InChI=1S/C10H20O/c1-5-7-10(11)9(6-2)8(3)4/h6,8-11H,2,5,7H2,1,3-4H3. The summed E-state index contributed by atoms with van der Waals surface area (Å²) >= 11 is 0. The van der Waals surface area contributed by atoms with Crippen LogP contribution in [0.1, 0.15) is 33.6 Å². The van der Waals surface area contributed by atoms with Crippen LogP contribution in [-0.4, -0.2) is 11.2 Å². The van der Waals surface area contributed by atoms with Crippen LogP contribution in [0.2, 0.25) is 0 Å². The van der Waals surface area contributed by atoms with Crippen molar-refractivity contribution in [1.82, 2.24) is 0 Å². The number of aliphatic hydroxyl groups is 1. The molecule has 0 bridgehead atoms. The molecule has 1 nitrogen and oxygen atoms in total. The van der Waals surface area contributed by atoms with E-state index in [0.717, 1.165) is 12.8 Å². The van der Waals surface area contributed by atoms with Crippen LogP contribution in [0.5, 0.6) is 0 Å². The van der Waals surface area contributed by atoms with Gasteiger partial charge in [0.1, 0.15) is 0 Å². The van der Waals surface area contributed by atoms with E-state index in [1.54, 1.807) is 0 Å². The molecule has 11 heavy (non-hydrogen) atoms. The molecule has 0 aromatic rings. The minimum absolute atomic E-state index is 0.197. The summed E-state index contributed by atoms with van der Waals surface area (Å²) in [6.45, 7) is 10.0. The van der Waals surface area contributed by atoms with Gasteiger partial charge in [-0.1, -0.05) is 33.3 Å². The summed E-state index contributed by atoms with van der Waals surface area (Å²) in [6, 6.07) is 0. The maximum absolute atomic E-state index is 9.61. The van der Waals surface area contributed by atoms with Crippen LogP contribution in [0.4, 0.5) is 0 Å². The van der Waals surface area contributed by atoms with Crippen LogP contribution < -0.4 is 0 Å². The van der Waals surface area contributed by atoms with Crippen LogP contribution in [0, 0.1) is 11.8 Å². The summed E-state index contributed by atoms with van der Waals surface area (Å²) in [5.41, 5.74) is 0. The third-order valence-corrected chi connectivity index (χ3v) is 2.07. The van der Waals surface area contributed by atoms with Crippen molar-refractivity contribution >= 4 is 0 Å². The van der Waals surface area contributed by atoms with Crippen molar-refractivity contribution in [3.05, 3.63) is 12.7 Å². The molecule has 0 radical (unpaired) electrons. The van der Waals surface area contributed by atoms with E-state index in [1.165, 1.54) is 0 Å². The van der Waals surface area contributed by atoms with E-state index >= 15 is 0 Å². The first kappa shape index (κ1) is 10.7. The lowest BCUT2D eigenvalue weighted by molar-refractivity contribution is 0.0982. The molecule has 0 aliphatic rings. The Kier molecular flexibility index (Phi) is 5.22. The van der Waals surface area contributed by atoms with E-state index in [9.17, 15) is 5.11 Å². The zero-order chi connectivity index (χ0) is 8.85. The van der Waals surface area contributed by atoms with E-state index in [1.807, 2.05) is 6.08 Å². The highest BCUT2D eigenvalue weighted by Gasteiger charge is 2.17. The smallest absolute Gasteiger partial charge is 0.0605 e. The van der Waals surface area contributed by atoms with Gasteiger partial charge in [-0.25, -0.2) is 0 Å². The fourth-order valence-corrected chi connectivity index (χ4v) is 1.36. The van der Waals surface area contributed by atoms with Crippen LogP contribution in [-0.2, 0) is 0 Å². The van der Waals surface area contributed by atoms with Gasteiger partial charge < -0.3 is 5.11 Å². The Bertz CT molecular complexity index is 107. The van der Waals surface area contributed by atoms with Gasteiger partial charge in [0.2, 0.25) is 0 Å². The zero-order valence-corrected chi connectivity index (χ0v) is 7.88. The molecule has 0 aromatic carbocycles. The van der Waals surface area contributed by atoms with E-state index in [0.29, 0.717) is 5.92 Å². The maximum Gasteiger partial charge on any atom is 0.0605 e. The Labute approximate surface area is 70.1 Å². The highest BCUT2D eigenvalue weighted by Crippen LogP contribution is 2.19. The lowest BCUT2D eigenvalue weighted by atomic mass is 9.88. The number of rotatable bonds is 5. The average molecular weight is 156 g/mol. The van der Waals surface area contributed by atoms with Gasteiger partial charge in [0.25, 0.3) is 0 Å². The third kappa shape index (κ3) is 3.57. The third-order valence-electron chi connectivity index (χ3n) is 2.07. The Hall–Kier alpha value is -0.300. The molecule has 0 amide bonds. The van der Waals surface area contributed by atoms with Crippen molar-refractivity contribution in [3.8, 4) is 0 Å². The Morgan fingerprint density at radius 1 is 1.45 bits per heavy atom. The maximum atomic E-state index is 9.61. The van der Waals surface area contributed by atoms with Crippen LogP contribution >= 0.6 is 0 Å². The first-order valence-corrected chi connectivity index (χ1v) is 4.44. The second-order valence-electron chi connectivity index (χ2n) is 3.41. The number of hydrogen-bond acceptors (Lipinski definition) is 1. The molecule has 0 saturated carbocycles. The Morgan fingerprint density at radius 3 is 2.27 bits per heavy atom. The molecule has 0 saturated heterocycles. The fraction of sp³-hybridized carbons (Fsp3) is 0.800. The molecule has 0 aromatic heterocycles. The molecule has 1 N–H and O–H groups in total. The summed E-state index contributed by atoms with van der Waals surface area (Å²) in [5, 5.41) is 9.61. The van der Waals surface area contributed by atoms with Crippen LogP contribution in [0.15, 0.2) is 12.7 Å². The molecule has 66 valence electrons. The van der Waals surface area contributed by atoms with Gasteiger partial charge in [0.05, 0.1) is 6.10 Å². The first-order valence-electron chi connectivity index (χ1n) is 4.44.